The van der Waals surface area contributed by atoms with Crippen molar-refractivity contribution >= 4 is 37.8 Å². The number of pyridine rings is 1. The number of amides is 2. The molecule has 2 atom stereocenters. The van der Waals surface area contributed by atoms with Crippen LogP contribution < -0.4 is 20.6 Å². The third-order valence-corrected chi connectivity index (χ3v) is 7.07. The SMILES string of the molecule is O=C(NC(C(=O)N[C@H]1Cc2cccc(C(=O)O)c2OB1O)c1ccc(P(=O)(O)O)cc1)c1ccc(C(F)(F)F)cn1. The Kier molecular flexibility index (Phi) is 8.22. The molecule has 0 saturated carbocycles. The van der Waals surface area contributed by atoms with Gasteiger partial charge in [-0.1, -0.05) is 24.3 Å². The summed E-state index contributed by atoms with van der Waals surface area (Å²) < 4.78 is 55.5. The number of hydrogen-bond acceptors (Lipinski definition) is 7. The summed E-state index contributed by atoms with van der Waals surface area (Å²) in [4.78, 5) is 59.9. The molecule has 41 heavy (non-hydrogen) atoms. The number of nitrogens with one attached hydrogen (secondary N) is 2. The zero-order chi connectivity index (χ0) is 30.1. The normalized spacial score (nSPS) is 15.8. The van der Waals surface area contributed by atoms with E-state index in [4.69, 9.17) is 4.65 Å². The monoisotopic (exact) mass is 593 g/mol. The van der Waals surface area contributed by atoms with Crippen LogP contribution in [0.1, 0.15) is 43.6 Å². The first-order valence-corrected chi connectivity index (χ1v) is 13.3. The third-order valence-electron chi connectivity index (χ3n) is 6.10. The number of nitrogens with zero attached hydrogens (tertiary/aromatic N) is 1. The smallest absolute Gasteiger partial charge is 0.534 e. The molecule has 0 bridgehead atoms. The molecule has 2 amide bonds. The van der Waals surface area contributed by atoms with Crippen LogP contribution in [0.5, 0.6) is 5.75 Å². The van der Waals surface area contributed by atoms with E-state index in [-0.39, 0.29) is 28.6 Å². The van der Waals surface area contributed by atoms with Crippen LogP contribution >= 0.6 is 7.60 Å². The Labute approximate surface area is 229 Å². The molecular formula is C24H20BF3N3O9P. The molecule has 0 fully saturated rings. The van der Waals surface area contributed by atoms with E-state index in [2.05, 4.69) is 15.6 Å². The van der Waals surface area contributed by atoms with Crippen LogP contribution in [0, 0.1) is 0 Å². The van der Waals surface area contributed by atoms with Crippen molar-refractivity contribution in [2.75, 3.05) is 0 Å². The molecular weight excluding hydrogens is 573 g/mol. The Morgan fingerprint density at radius 2 is 1.76 bits per heavy atom. The summed E-state index contributed by atoms with van der Waals surface area (Å²) in [5.41, 5.74) is -1.38. The summed E-state index contributed by atoms with van der Waals surface area (Å²) in [6.45, 7) is 0. The van der Waals surface area contributed by atoms with Crippen molar-refractivity contribution in [3.63, 3.8) is 0 Å². The number of para-hydroxylation sites is 1. The highest BCUT2D eigenvalue weighted by atomic mass is 31.2. The number of hydrogen-bond donors (Lipinski definition) is 6. The predicted octanol–water partition coefficient (Wildman–Crippen LogP) is 1.21. The van der Waals surface area contributed by atoms with Crippen LogP contribution in [0.15, 0.2) is 60.8 Å². The van der Waals surface area contributed by atoms with E-state index >= 15 is 0 Å². The lowest BCUT2D eigenvalue weighted by molar-refractivity contribution is -0.137. The second-order valence-corrected chi connectivity index (χ2v) is 10.5. The molecule has 4 rings (SSSR count). The van der Waals surface area contributed by atoms with Crippen LogP contribution in [0.3, 0.4) is 0 Å². The third kappa shape index (κ3) is 6.74. The van der Waals surface area contributed by atoms with Gasteiger partial charge in [-0.15, -0.1) is 0 Å². The zero-order valence-electron chi connectivity index (χ0n) is 20.6. The number of fused-ring (bicyclic) bond motifs is 1. The number of carboxylic acid groups (broad SMARTS) is 1. The van der Waals surface area contributed by atoms with Gasteiger partial charge in [0.15, 0.2) is 0 Å². The molecule has 3 aromatic rings. The van der Waals surface area contributed by atoms with Crippen molar-refractivity contribution in [3.05, 3.63) is 88.7 Å². The average Bonchev–Trinajstić information content (AvgIpc) is 2.90. The molecule has 1 aliphatic rings. The maximum Gasteiger partial charge on any atom is 0.547 e. The predicted molar refractivity (Wildman–Crippen MR) is 135 cm³/mol. The Morgan fingerprint density at radius 3 is 2.32 bits per heavy atom. The lowest BCUT2D eigenvalue weighted by Crippen LogP contribution is -2.55. The summed E-state index contributed by atoms with van der Waals surface area (Å²) >= 11 is 0. The van der Waals surface area contributed by atoms with Crippen molar-refractivity contribution in [1.29, 1.82) is 0 Å². The van der Waals surface area contributed by atoms with Gasteiger partial charge in [-0.25, -0.2) is 4.79 Å². The van der Waals surface area contributed by atoms with Crippen LogP contribution in [0.4, 0.5) is 13.2 Å². The fraction of sp³-hybridized carbons (Fsp3) is 0.167. The fourth-order valence-corrected chi connectivity index (χ4v) is 4.58. The van der Waals surface area contributed by atoms with Gasteiger partial charge in [0, 0.05) is 6.20 Å². The van der Waals surface area contributed by atoms with Crippen molar-refractivity contribution in [2.45, 2.75) is 24.6 Å². The highest BCUT2D eigenvalue weighted by Crippen LogP contribution is 2.34. The molecule has 1 unspecified atom stereocenters. The van der Waals surface area contributed by atoms with Crippen LogP contribution in [-0.2, 0) is 22.0 Å². The number of aromatic carboxylic acids is 1. The van der Waals surface area contributed by atoms with Gasteiger partial charge in [0.25, 0.3) is 5.91 Å². The molecule has 0 saturated heterocycles. The lowest BCUT2D eigenvalue weighted by Gasteiger charge is -2.30. The van der Waals surface area contributed by atoms with Gasteiger partial charge < -0.3 is 35.2 Å². The van der Waals surface area contributed by atoms with Gasteiger partial charge in [0.05, 0.1) is 22.4 Å². The maximum atomic E-state index is 13.4. The molecule has 1 aromatic heterocycles. The number of aromatic nitrogens is 1. The summed E-state index contributed by atoms with van der Waals surface area (Å²) in [6, 6.07) is 8.48. The number of carbonyl (C=O) groups is 3. The van der Waals surface area contributed by atoms with E-state index in [1.807, 2.05) is 0 Å². The summed E-state index contributed by atoms with van der Waals surface area (Å²) in [6.07, 6.45) is -4.32. The first-order valence-electron chi connectivity index (χ1n) is 11.7. The molecule has 2 heterocycles. The standard InChI is InChI=1S/C24H20BF3N3O9P/c26-24(27,28)14-6-9-17(29-11-14)21(32)31-19(12-4-7-15(8-5-12)41(37,38)39)22(33)30-18-10-13-2-1-3-16(23(34)35)20(13)40-25(18)36/h1-9,11,18-19,36H,10H2,(H,30,33)(H,31,32)(H,34,35)(H2,37,38,39)/t18-,19?/m0/s1. The number of rotatable bonds is 7. The molecule has 12 nitrogen and oxygen atoms in total. The molecule has 214 valence electrons. The van der Waals surface area contributed by atoms with E-state index in [0.29, 0.717) is 17.8 Å². The van der Waals surface area contributed by atoms with Gasteiger partial charge in [-0.3, -0.25) is 19.1 Å². The molecule has 0 radical (unpaired) electrons. The zero-order valence-corrected chi connectivity index (χ0v) is 21.5. The molecule has 6 N–H and O–H groups in total. The highest BCUT2D eigenvalue weighted by Gasteiger charge is 2.39. The van der Waals surface area contributed by atoms with E-state index < -0.39 is 61.9 Å². The molecule has 2 aromatic carbocycles. The average molecular weight is 593 g/mol. The van der Waals surface area contributed by atoms with E-state index in [9.17, 15) is 52.0 Å². The van der Waals surface area contributed by atoms with Crippen LogP contribution in [0.25, 0.3) is 0 Å². The number of carboxylic acids is 1. The Hall–Kier alpha value is -4.24. The fourth-order valence-electron chi connectivity index (χ4n) is 4.04. The molecule has 1 aliphatic heterocycles. The number of benzene rings is 2. The summed E-state index contributed by atoms with van der Waals surface area (Å²) in [5, 5.41) is 24.3. The molecule has 0 spiro atoms. The van der Waals surface area contributed by atoms with E-state index in [1.54, 1.807) is 0 Å². The first-order chi connectivity index (χ1) is 19.1. The van der Waals surface area contributed by atoms with Gasteiger partial charge >= 0.3 is 26.9 Å². The maximum absolute atomic E-state index is 13.4. The van der Waals surface area contributed by atoms with E-state index in [1.165, 1.54) is 18.2 Å². The Balaban J connectivity index is 1.60. The molecule has 0 aliphatic carbocycles. The van der Waals surface area contributed by atoms with Crippen molar-refractivity contribution < 1.29 is 56.7 Å². The minimum absolute atomic E-state index is 0.0275. The second kappa shape index (κ2) is 11.3. The quantitative estimate of drug-likeness (QED) is 0.171. The topological polar surface area (TPSA) is 195 Å². The van der Waals surface area contributed by atoms with Crippen molar-refractivity contribution in [3.8, 4) is 5.75 Å². The van der Waals surface area contributed by atoms with Gasteiger partial charge in [0.1, 0.15) is 17.5 Å². The lowest BCUT2D eigenvalue weighted by atomic mass is 9.72. The Morgan fingerprint density at radius 1 is 1.07 bits per heavy atom. The van der Waals surface area contributed by atoms with Crippen LogP contribution in [-0.4, -0.2) is 55.7 Å². The van der Waals surface area contributed by atoms with Crippen molar-refractivity contribution in [2.24, 2.45) is 0 Å². The van der Waals surface area contributed by atoms with Gasteiger partial charge in [0.2, 0.25) is 5.91 Å². The van der Waals surface area contributed by atoms with Crippen molar-refractivity contribution in [1.82, 2.24) is 15.6 Å². The number of halogens is 3. The summed E-state index contributed by atoms with van der Waals surface area (Å²) in [5.74, 6) is -4.48. The first kappa shape index (κ1) is 29.7. The number of alkyl halides is 3. The Bertz CT molecular complexity index is 1530. The van der Waals surface area contributed by atoms with Gasteiger partial charge in [-0.2, -0.15) is 13.2 Å². The largest absolute Gasteiger partial charge is 0.547 e. The second-order valence-electron chi connectivity index (χ2n) is 8.90. The van der Waals surface area contributed by atoms with Gasteiger partial charge in [-0.05, 0) is 47.9 Å². The van der Waals surface area contributed by atoms with Crippen LogP contribution in [0.2, 0.25) is 0 Å². The number of carbonyl (C=O) groups excluding carboxylic acids is 2. The minimum atomic E-state index is -4.70. The van der Waals surface area contributed by atoms with E-state index in [0.717, 1.165) is 30.3 Å². The summed E-state index contributed by atoms with van der Waals surface area (Å²) in [7, 11) is -6.34. The molecule has 17 heteroatoms. The minimum Gasteiger partial charge on any atom is -0.534 e. The highest BCUT2D eigenvalue weighted by molar-refractivity contribution is 7.60.